The minimum atomic E-state index is -1.83. The van der Waals surface area contributed by atoms with E-state index in [2.05, 4.69) is 0 Å². The standard InChI is InChI=1S/C20H36O16/c1-30-4-7-9(22)10(23)14(27)19(33-7)36-17-8(5-31-2)34-20(15(28)12(17)25)35-16-6(3-21)32-18(29)13(26)11(16)24/h6-29H,3-5H2,1-2H3/t6-,7-,8-,9-,10+,11-,12-,13-,14-,15-,16-,17-,18?,19-,20-/m1/s1. The summed E-state index contributed by atoms with van der Waals surface area (Å²) in [5, 5.41) is 91.5. The van der Waals surface area contributed by atoms with Crippen LogP contribution in [-0.4, -0.2) is 172 Å². The van der Waals surface area contributed by atoms with Crippen LogP contribution in [0.15, 0.2) is 0 Å². The van der Waals surface area contributed by atoms with E-state index < -0.39 is 98.7 Å². The van der Waals surface area contributed by atoms with Crippen LogP contribution in [0.3, 0.4) is 0 Å². The van der Waals surface area contributed by atoms with Gasteiger partial charge in [0.25, 0.3) is 0 Å². The maximum Gasteiger partial charge on any atom is 0.187 e. The Hall–Kier alpha value is -0.640. The van der Waals surface area contributed by atoms with E-state index in [0.29, 0.717) is 0 Å². The van der Waals surface area contributed by atoms with Gasteiger partial charge in [0.2, 0.25) is 0 Å². The highest BCUT2D eigenvalue weighted by atomic mass is 16.8. The Kier molecular flexibility index (Phi) is 10.8. The van der Waals surface area contributed by atoms with Gasteiger partial charge in [0.1, 0.15) is 73.2 Å². The first-order chi connectivity index (χ1) is 17.0. The predicted octanol–water partition coefficient (Wildman–Crippen LogP) is -6.26. The third-order valence-corrected chi connectivity index (χ3v) is 6.39. The number of hydrogen-bond donors (Lipinski definition) is 9. The van der Waals surface area contributed by atoms with Crippen molar-refractivity contribution in [1.29, 1.82) is 0 Å². The molecule has 3 fully saturated rings. The minimum absolute atomic E-state index is 0.146. The zero-order valence-corrected chi connectivity index (χ0v) is 19.7. The Morgan fingerprint density at radius 3 is 1.56 bits per heavy atom. The van der Waals surface area contributed by atoms with Crippen LogP contribution in [0.2, 0.25) is 0 Å². The molecule has 36 heavy (non-hydrogen) atoms. The second-order valence-corrected chi connectivity index (χ2v) is 8.88. The van der Waals surface area contributed by atoms with Gasteiger partial charge in [-0.15, -0.1) is 0 Å². The van der Waals surface area contributed by atoms with Crippen LogP contribution < -0.4 is 0 Å². The molecule has 3 aliphatic rings. The van der Waals surface area contributed by atoms with Crippen LogP contribution in [0.25, 0.3) is 0 Å². The van der Waals surface area contributed by atoms with Crippen molar-refractivity contribution >= 4 is 0 Å². The Morgan fingerprint density at radius 2 is 1.00 bits per heavy atom. The van der Waals surface area contributed by atoms with Gasteiger partial charge in [-0.2, -0.15) is 0 Å². The van der Waals surface area contributed by atoms with Crippen molar-refractivity contribution in [3.63, 3.8) is 0 Å². The SMILES string of the molecule is COC[C@H]1O[C@H](O[C@H]2[C@H](O)[C@@H](O)[C@@H](O[C@H]3[C@H](O)[C@@H](O)C(O)O[C@@H]3CO)O[C@@H]2COC)[C@H](O)[C@@H](O)[C@@H]1O. The molecular weight excluding hydrogens is 496 g/mol. The van der Waals surface area contributed by atoms with Crippen molar-refractivity contribution < 1.29 is 79.1 Å². The molecule has 0 bridgehead atoms. The number of rotatable bonds is 9. The van der Waals surface area contributed by atoms with Gasteiger partial charge in [-0.1, -0.05) is 0 Å². The van der Waals surface area contributed by atoms with Crippen molar-refractivity contribution in [3.05, 3.63) is 0 Å². The van der Waals surface area contributed by atoms with Crippen molar-refractivity contribution in [2.45, 2.75) is 92.1 Å². The molecule has 0 radical (unpaired) electrons. The van der Waals surface area contributed by atoms with E-state index in [9.17, 15) is 46.0 Å². The highest BCUT2D eigenvalue weighted by molar-refractivity contribution is 4.96. The first-order valence-electron chi connectivity index (χ1n) is 11.4. The largest absolute Gasteiger partial charge is 0.394 e. The Bertz CT molecular complexity index is 670. The predicted molar refractivity (Wildman–Crippen MR) is 111 cm³/mol. The second kappa shape index (κ2) is 12.9. The zero-order valence-electron chi connectivity index (χ0n) is 19.7. The summed E-state index contributed by atoms with van der Waals surface area (Å²) in [6.45, 7) is -1.09. The Balaban J connectivity index is 1.75. The lowest BCUT2D eigenvalue weighted by Crippen LogP contribution is -2.66. The van der Waals surface area contributed by atoms with Crippen molar-refractivity contribution in [2.75, 3.05) is 34.0 Å². The Morgan fingerprint density at radius 1 is 0.528 bits per heavy atom. The quantitative estimate of drug-likeness (QED) is 0.134. The number of methoxy groups -OCH3 is 2. The van der Waals surface area contributed by atoms with Crippen LogP contribution in [0.4, 0.5) is 0 Å². The Labute approximate surface area is 206 Å². The summed E-state index contributed by atoms with van der Waals surface area (Å²) in [7, 11) is 2.65. The van der Waals surface area contributed by atoms with Crippen LogP contribution in [0.1, 0.15) is 0 Å². The molecule has 0 amide bonds. The third kappa shape index (κ3) is 6.15. The zero-order chi connectivity index (χ0) is 26.7. The molecule has 15 atom stereocenters. The topological polar surface area (TPSA) is 247 Å². The monoisotopic (exact) mass is 532 g/mol. The van der Waals surface area contributed by atoms with E-state index in [1.807, 2.05) is 0 Å². The average Bonchev–Trinajstić information content (AvgIpc) is 2.86. The molecule has 212 valence electrons. The average molecular weight is 532 g/mol. The fourth-order valence-corrected chi connectivity index (χ4v) is 4.36. The summed E-state index contributed by atoms with van der Waals surface area (Å²) >= 11 is 0. The summed E-state index contributed by atoms with van der Waals surface area (Å²) in [5.74, 6) is 0. The molecule has 1 unspecified atom stereocenters. The minimum Gasteiger partial charge on any atom is -0.394 e. The number of ether oxygens (including phenoxy) is 7. The molecule has 0 aromatic rings. The first kappa shape index (κ1) is 29.9. The summed E-state index contributed by atoms with van der Waals surface area (Å²) < 4.78 is 37.4. The van der Waals surface area contributed by atoms with Crippen LogP contribution in [0.5, 0.6) is 0 Å². The van der Waals surface area contributed by atoms with E-state index in [1.54, 1.807) is 0 Å². The van der Waals surface area contributed by atoms with Gasteiger partial charge in [0.05, 0.1) is 19.8 Å². The van der Waals surface area contributed by atoms with E-state index >= 15 is 0 Å². The third-order valence-electron chi connectivity index (χ3n) is 6.39. The molecule has 9 N–H and O–H groups in total. The first-order valence-corrected chi connectivity index (χ1v) is 11.4. The number of aliphatic hydroxyl groups is 9. The van der Waals surface area contributed by atoms with Gasteiger partial charge >= 0.3 is 0 Å². The lowest BCUT2D eigenvalue weighted by atomic mass is 9.96. The van der Waals surface area contributed by atoms with Gasteiger partial charge < -0.3 is 79.1 Å². The fourth-order valence-electron chi connectivity index (χ4n) is 4.36. The molecule has 0 saturated carbocycles. The highest BCUT2D eigenvalue weighted by Gasteiger charge is 2.53. The molecular formula is C20H36O16. The second-order valence-electron chi connectivity index (χ2n) is 8.88. The van der Waals surface area contributed by atoms with Crippen molar-refractivity contribution in [3.8, 4) is 0 Å². The van der Waals surface area contributed by atoms with Gasteiger partial charge in [-0.25, -0.2) is 0 Å². The molecule has 3 aliphatic heterocycles. The molecule has 0 aliphatic carbocycles. The molecule has 0 aromatic heterocycles. The normalized spacial score (nSPS) is 50.2. The summed E-state index contributed by atoms with van der Waals surface area (Å²) in [6, 6.07) is 0. The molecule has 16 heteroatoms. The molecule has 0 aromatic carbocycles. The van der Waals surface area contributed by atoms with Gasteiger partial charge in [-0.3, -0.25) is 0 Å². The van der Waals surface area contributed by atoms with Crippen molar-refractivity contribution in [2.24, 2.45) is 0 Å². The van der Waals surface area contributed by atoms with Crippen LogP contribution >= 0.6 is 0 Å². The summed E-state index contributed by atoms with van der Waals surface area (Å²) in [6.07, 6.45) is -23.4. The fraction of sp³-hybridized carbons (Fsp3) is 1.00. The molecule has 3 heterocycles. The summed E-state index contributed by atoms with van der Waals surface area (Å²) in [4.78, 5) is 0. The van der Waals surface area contributed by atoms with Crippen molar-refractivity contribution in [1.82, 2.24) is 0 Å². The summed E-state index contributed by atoms with van der Waals surface area (Å²) in [5.41, 5.74) is 0. The molecule has 0 spiro atoms. The maximum atomic E-state index is 10.8. The maximum absolute atomic E-state index is 10.8. The lowest BCUT2D eigenvalue weighted by molar-refractivity contribution is -0.378. The molecule has 16 nitrogen and oxygen atoms in total. The lowest BCUT2D eigenvalue weighted by Gasteiger charge is -2.48. The molecule has 3 rings (SSSR count). The van der Waals surface area contributed by atoms with Crippen LogP contribution in [0, 0.1) is 0 Å². The van der Waals surface area contributed by atoms with Crippen LogP contribution in [-0.2, 0) is 33.2 Å². The van der Waals surface area contributed by atoms with Gasteiger partial charge in [0, 0.05) is 14.2 Å². The molecule has 3 saturated heterocycles. The smallest absolute Gasteiger partial charge is 0.187 e. The van der Waals surface area contributed by atoms with E-state index in [0.717, 1.165) is 0 Å². The van der Waals surface area contributed by atoms with E-state index in [1.165, 1.54) is 14.2 Å². The van der Waals surface area contributed by atoms with Gasteiger partial charge in [-0.05, 0) is 0 Å². The van der Waals surface area contributed by atoms with E-state index in [4.69, 9.17) is 33.2 Å². The highest BCUT2D eigenvalue weighted by Crippen LogP contribution is 2.32. The number of hydrogen-bond acceptors (Lipinski definition) is 16. The van der Waals surface area contributed by atoms with Gasteiger partial charge in [0.15, 0.2) is 18.9 Å². The number of aliphatic hydroxyl groups excluding tert-OH is 9. The van der Waals surface area contributed by atoms with E-state index in [-0.39, 0.29) is 13.2 Å².